The first-order chi connectivity index (χ1) is 7.61. The molecule has 0 fully saturated rings. The lowest BCUT2D eigenvalue weighted by atomic mass is 10.1. The maximum atomic E-state index is 3.42. The van der Waals surface area contributed by atoms with E-state index in [1.165, 1.54) is 25.1 Å². The Morgan fingerprint density at radius 2 is 1.81 bits per heavy atom. The molecule has 16 heavy (non-hydrogen) atoms. The number of aryl methyl sites for hydroxylation is 3. The second-order valence-corrected chi connectivity index (χ2v) is 6.68. The van der Waals surface area contributed by atoms with Gasteiger partial charge in [-0.25, -0.2) is 0 Å². The summed E-state index contributed by atoms with van der Waals surface area (Å²) in [5.74, 6) is 0. The van der Waals surface area contributed by atoms with E-state index in [1.807, 2.05) is 29.7 Å². The number of rotatable bonds is 3. The molecule has 1 nitrogen and oxygen atoms in total. The Labute approximate surface area is 105 Å². The van der Waals surface area contributed by atoms with Crippen LogP contribution in [0.5, 0.6) is 0 Å². The average Bonchev–Trinajstić information content (AvgIpc) is 2.76. The van der Waals surface area contributed by atoms with Gasteiger partial charge in [-0.05, 0) is 51.6 Å². The fourth-order valence-corrected chi connectivity index (χ4v) is 4.19. The highest BCUT2D eigenvalue weighted by Gasteiger charge is 2.17. The van der Waals surface area contributed by atoms with Gasteiger partial charge < -0.3 is 5.32 Å². The van der Waals surface area contributed by atoms with Crippen LogP contribution in [0, 0.1) is 20.8 Å². The molecule has 86 valence electrons. The van der Waals surface area contributed by atoms with Crippen molar-refractivity contribution in [2.45, 2.75) is 26.8 Å². The van der Waals surface area contributed by atoms with Gasteiger partial charge in [-0.2, -0.15) is 0 Å². The molecule has 0 spiro atoms. The minimum Gasteiger partial charge on any atom is -0.308 e. The molecular formula is C13H17NS2. The van der Waals surface area contributed by atoms with Gasteiger partial charge in [0.05, 0.1) is 6.04 Å². The van der Waals surface area contributed by atoms with Crippen LogP contribution in [0.2, 0.25) is 0 Å². The van der Waals surface area contributed by atoms with Gasteiger partial charge in [0.25, 0.3) is 0 Å². The molecule has 2 aromatic rings. The Balaban J connectivity index is 2.40. The first-order valence-corrected chi connectivity index (χ1v) is 7.05. The molecular weight excluding hydrogens is 234 g/mol. The lowest BCUT2D eigenvalue weighted by Crippen LogP contribution is -2.15. The summed E-state index contributed by atoms with van der Waals surface area (Å²) in [6.07, 6.45) is 0. The van der Waals surface area contributed by atoms with Crippen LogP contribution >= 0.6 is 22.7 Å². The number of nitrogens with one attached hydrogen (secondary N) is 1. The van der Waals surface area contributed by atoms with E-state index in [1.54, 1.807) is 0 Å². The van der Waals surface area contributed by atoms with Gasteiger partial charge in [-0.1, -0.05) is 0 Å². The zero-order valence-corrected chi connectivity index (χ0v) is 11.8. The maximum absolute atomic E-state index is 3.42. The van der Waals surface area contributed by atoms with Crippen LogP contribution in [0.4, 0.5) is 0 Å². The Hall–Kier alpha value is -0.640. The van der Waals surface area contributed by atoms with Gasteiger partial charge in [-0.3, -0.25) is 0 Å². The molecule has 0 aromatic carbocycles. The Morgan fingerprint density at radius 1 is 1.06 bits per heavy atom. The van der Waals surface area contributed by atoms with Crippen molar-refractivity contribution in [2.75, 3.05) is 7.05 Å². The first kappa shape index (κ1) is 11.8. The largest absolute Gasteiger partial charge is 0.308 e. The Morgan fingerprint density at radius 3 is 2.25 bits per heavy atom. The third kappa shape index (κ3) is 2.21. The van der Waals surface area contributed by atoms with Gasteiger partial charge in [0.15, 0.2) is 0 Å². The van der Waals surface area contributed by atoms with Crippen LogP contribution in [0.3, 0.4) is 0 Å². The molecule has 1 N–H and O–H groups in total. The molecule has 2 heterocycles. The lowest BCUT2D eigenvalue weighted by Gasteiger charge is -2.13. The van der Waals surface area contributed by atoms with Crippen LogP contribution in [0.15, 0.2) is 18.2 Å². The van der Waals surface area contributed by atoms with Crippen molar-refractivity contribution >= 4 is 22.7 Å². The van der Waals surface area contributed by atoms with Crippen LogP contribution in [-0.2, 0) is 0 Å². The zero-order valence-electron chi connectivity index (χ0n) is 10.1. The van der Waals surface area contributed by atoms with E-state index in [0.29, 0.717) is 6.04 Å². The third-order valence-electron chi connectivity index (χ3n) is 2.68. The maximum Gasteiger partial charge on any atom is 0.0765 e. The van der Waals surface area contributed by atoms with Gasteiger partial charge in [0.2, 0.25) is 0 Å². The molecule has 0 aliphatic heterocycles. The molecule has 0 amide bonds. The highest BCUT2D eigenvalue weighted by Crippen LogP contribution is 2.34. The summed E-state index contributed by atoms with van der Waals surface area (Å²) in [6, 6.07) is 7.05. The molecule has 3 heteroatoms. The summed E-state index contributed by atoms with van der Waals surface area (Å²) in [4.78, 5) is 5.62. The predicted octanol–water partition coefficient (Wildman–Crippen LogP) is 4.04. The van der Waals surface area contributed by atoms with E-state index in [-0.39, 0.29) is 0 Å². The van der Waals surface area contributed by atoms with Crippen LogP contribution in [0.1, 0.15) is 31.1 Å². The Bertz CT molecular complexity index is 482. The summed E-state index contributed by atoms with van der Waals surface area (Å²) in [7, 11) is 2.04. The average molecular weight is 251 g/mol. The third-order valence-corrected chi connectivity index (χ3v) is 4.96. The molecule has 0 aliphatic rings. The monoisotopic (exact) mass is 251 g/mol. The SMILES string of the molecule is CNC(c1ccc(C)s1)c1sc(C)cc1C. The van der Waals surface area contributed by atoms with Crippen LogP contribution in [-0.4, -0.2) is 7.05 Å². The minimum atomic E-state index is 0.359. The van der Waals surface area contributed by atoms with E-state index in [4.69, 9.17) is 0 Å². The topological polar surface area (TPSA) is 12.0 Å². The summed E-state index contributed by atoms with van der Waals surface area (Å²) in [5, 5.41) is 3.42. The van der Waals surface area contributed by atoms with E-state index in [9.17, 15) is 0 Å². The predicted molar refractivity (Wildman–Crippen MR) is 73.8 cm³/mol. The molecule has 0 bridgehead atoms. The second kappa shape index (κ2) is 4.70. The van der Waals surface area contributed by atoms with Crippen molar-refractivity contribution in [3.63, 3.8) is 0 Å². The van der Waals surface area contributed by atoms with Gasteiger partial charge in [0.1, 0.15) is 0 Å². The summed E-state index contributed by atoms with van der Waals surface area (Å²) in [6.45, 7) is 6.53. The van der Waals surface area contributed by atoms with Crippen LogP contribution in [0.25, 0.3) is 0 Å². The van der Waals surface area contributed by atoms with Gasteiger partial charge in [0, 0.05) is 19.5 Å². The highest BCUT2D eigenvalue weighted by atomic mass is 32.1. The number of hydrogen-bond acceptors (Lipinski definition) is 3. The van der Waals surface area contributed by atoms with E-state index >= 15 is 0 Å². The van der Waals surface area contributed by atoms with Crippen LogP contribution < -0.4 is 5.32 Å². The molecule has 0 aliphatic carbocycles. The van der Waals surface area contributed by atoms with Crippen molar-refractivity contribution in [3.05, 3.63) is 43.3 Å². The van der Waals surface area contributed by atoms with Gasteiger partial charge in [-0.15, -0.1) is 22.7 Å². The van der Waals surface area contributed by atoms with Crippen molar-refractivity contribution in [3.8, 4) is 0 Å². The quantitative estimate of drug-likeness (QED) is 0.868. The van der Waals surface area contributed by atoms with Gasteiger partial charge >= 0.3 is 0 Å². The molecule has 2 aromatic heterocycles. The first-order valence-electron chi connectivity index (χ1n) is 5.42. The fourth-order valence-electron chi connectivity index (χ4n) is 1.96. The summed E-state index contributed by atoms with van der Waals surface area (Å²) < 4.78 is 0. The molecule has 0 saturated heterocycles. The van der Waals surface area contributed by atoms with Crippen molar-refractivity contribution in [2.24, 2.45) is 0 Å². The number of thiophene rings is 2. The molecule has 0 radical (unpaired) electrons. The van der Waals surface area contributed by atoms with Crippen molar-refractivity contribution in [1.29, 1.82) is 0 Å². The molecule has 0 saturated carbocycles. The number of hydrogen-bond donors (Lipinski definition) is 1. The second-order valence-electron chi connectivity index (χ2n) is 4.07. The summed E-state index contributed by atoms with van der Waals surface area (Å²) >= 11 is 3.77. The zero-order chi connectivity index (χ0) is 11.7. The summed E-state index contributed by atoms with van der Waals surface area (Å²) in [5.41, 5.74) is 1.40. The molecule has 1 unspecified atom stereocenters. The van der Waals surface area contributed by atoms with Crippen molar-refractivity contribution in [1.82, 2.24) is 5.32 Å². The standard InChI is InChI=1S/C13H17NS2/c1-8-7-10(3)16-13(8)12(14-4)11-6-5-9(2)15-11/h5-7,12,14H,1-4H3. The smallest absolute Gasteiger partial charge is 0.0765 e. The normalized spacial score (nSPS) is 13.0. The molecule has 2 rings (SSSR count). The fraction of sp³-hybridized carbons (Fsp3) is 0.385. The minimum absolute atomic E-state index is 0.359. The van der Waals surface area contributed by atoms with E-state index in [0.717, 1.165) is 0 Å². The van der Waals surface area contributed by atoms with Crippen molar-refractivity contribution < 1.29 is 0 Å². The van der Waals surface area contributed by atoms with E-state index < -0.39 is 0 Å². The molecule has 1 atom stereocenters. The highest BCUT2D eigenvalue weighted by molar-refractivity contribution is 7.13. The van der Waals surface area contributed by atoms with E-state index in [2.05, 4.69) is 44.3 Å². The lowest BCUT2D eigenvalue weighted by molar-refractivity contribution is 0.712. The Kier molecular flexibility index (Phi) is 3.47.